The van der Waals surface area contributed by atoms with Gasteiger partial charge in [0.1, 0.15) is 11.5 Å². The summed E-state index contributed by atoms with van der Waals surface area (Å²) in [6.07, 6.45) is 0.283. The van der Waals surface area contributed by atoms with E-state index in [0.29, 0.717) is 6.54 Å². The molecule has 0 saturated carbocycles. The van der Waals surface area contributed by atoms with Gasteiger partial charge < -0.3 is 16.2 Å². The summed E-state index contributed by atoms with van der Waals surface area (Å²) in [5, 5.41) is 0. The molecule has 0 saturated heterocycles. The Labute approximate surface area is 153 Å². The van der Waals surface area contributed by atoms with E-state index in [9.17, 15) is 4.79 Å². The molecule has 4 heteroatoms. The molecule has 1 aromatic rings. The molecule has 0 aliphatic carbocycles. The van der Waals surface area contributed by atoms with Gasteiger partial charge in [0.2, 0.25) is 0 Å². The van der Waals surface area contributed by atoms with Crippen LogP contribution in [0.3, 0.4) is 0 Å². The summed E-state index contributed by atoms with van der Waals surface area (Å²) in [6, 6.07) is 4.03. The number of methoxy groups -OCH3 is 1. The van der Waals surface area contributed by atoms with Crippen molar-refractivity contribution in [2.45, 2.75) is 77.7 Å². The zero-order valence-electron chi connectivity index (χ0n) is 17.2. The second-order valence-corrected chi connectivity index (χ2v) is 9.03. The molecule has 0 amide bonds. The molecule has 0 radical (unpaired) electrons. The van der Waals surface area contributed by atoms with Crippen molar-refractivity contribution in [3.05, 3.63) is 28.8 Å². The van der Waals surface area contributed by atoms with E-state index in [0.717, 1.165) is 16.9 Å². The largest absolute Gasteiger partial charge is 0.496 e. The quantitative estimate of drug-likeness (QED) is 0.823. The smallest absolute Gasteiger partial charge is 0.141 e. The first-order chi connectivity index (χ1) is 11.3. The van der Waals surface area contributed by atoms with Gasteiger partial charge in [-0.3, -0.25) is 4.79 Å². The molecule has 0 fully saturated rings. The molecule has 4 N–H and O–H groups in total. The third kappa shape index (κ3) is 5.29. The van der Waals surface area contributed by atoms with Crippen molar-refractivity contribution >= 4 is 5.78 Å². The van der Waals surface area contributed by atoms with Crippen LogP contribution < -0.4 is 16.2 Å². The summed E-state index contributed by atoms with van der Waals surface area (Å²) in [5.74, 6) is 0.626. The van der Waals surface area contributed by atoms with Crippen molar-refractivity contribution in [2.75, 3.05) is 13.7 Å². The Hall–Kier alpha value is -1.39. The molecule has 0 aromatic heterocycles. The predicted molar refractivity (Wildman–Crippen MR) is 105 cm³/mol. The molecule has 0 heterocycles. The van der Waals surface area contributed by atoms with E-state index in [1.165, 1.54) is 5.56 Å². The summed E-state index contributed by atoms with van der Waals surface area (Å²) in [4.78, 5) is 12.7. The van der Waals surface area contributed by atoms with Crippen molar-refractivity contribution in [1.29, 1.82) is 0 Å². The van der Waals surface area contributed by atoms with Crippen molar-refractivity contribution in [3.8, 4) is 5.75 Å². The van der Waals surface area contributed by atoms with Crippen LogP contribution in [0.25, 0.3) is 0 Å². The number of nitrogens with two attached hydrogens (primary N) is 2. The van der Waals surface area contributed by atoms with Gasteiger partial charge in [0, 0.05) is 36.1 Å². The first-order valence-corrected chi connectivity index (χ1v) is 9.04. The molecule has 1 rings (SSSR count). The van der Waals surface area contributed by atoms with Gasteiger partial charge in [-0.2, -0.15) is 0 Å². The molecule has 0 bridgehead atoms. The van der Waals surface area contributed by atoms with Crippen LogP contribution in [0.2, 0.25) is 0 Å². The van der Waals surface area contributed by atoms with Crippen LogP contribution >= 0.6 is 0 Å². The summed E-state index contributed by atoms with van der Waals surface area (Å²) in [7, 11) is 1.67. The van der Waals surface area contributed by atoms with Crippen molar-refractivity contribution in [2.24, 2.45) is 11.5 Å². The molecule has 2 atom stereocenters. The third-order valence-corrected chi connectivity index (χ3v) is 4.71. The fourth-order valence-corrected chi connectivity index (χ4v) is 2.88. The maximum Gasteiger partial charge on any atom is 0.141 e. The van der Waals surface area contributed by atoms with E-state index in [1.54, 1.807) is 7.11 Å². The predicted octanol–water partition coefficient (Wildman–Crippen LogP) is 3.64. The number of ether oxygens (including phenoxy) is 1. The second-order valence-electron chi connectivity index (χ2n) is 9.03. The number of ketones is 1. The van der Waals surface area contributed by atoms with Crippen molar-refractivity contribution < 1.29 is 9.53 Å². The first-order valence-electron chi connectivity index (χ1n) is 9.04. The summed E-state index contributed by atoms with van der Waals surface area (Å²) >= 11 is 0. The number of hydrogen-bond donors (Lipinski definition) is 2. The zero-order chi connectivity index (χ0) is 19.6. The van der Waals surface area contributed by atoms with Gasteiger partial charge in [-0.1, -0.05) is 60.6 Å². The first kappa shape index (κ1) is 21.7. The zero-order valence-corrected chi connectivity index (χ0v) is 17.2. The Morgan fingerprint density at radius 3 is 2.08 bits per heavy atom. The van der Waals surface area contributed by atoms with E-state index in [2.05, 4.69) is 53.7 Å². The van der Waals surface area contributed by atoms with Crippen LogP contribution in [0.5, 0.6) is 5.75 Å². The highest BCUT2D eigenvalue weighted by atomic mass is 16.5. The highest BCUT2D eigenvalue weighted by Crippen LogP contribution is 2.41. The Bertz CT molecular complexity index is 610. The lowest BCUT2D eigenvalue weighted by Crippen LogP contribution is -2.33. The van der Waals surface area contributed by atoms with Crippen LogP contribution in [0.15, 0.2) is 12.1 Å². The number of benzene rings is 1. The minimum atomic E-state index is -0.297. The van der Waals surface area contributed by atoms with Crippen molar-refractivity contribution in [3.63, 3.8) is 0 Å². The number of hydrogen-bond acceptors (Lipinski definition) is 4. The highest BCUT2D eigenvalue weighted by molar-refractivity contribution is 5.87. The molecule has 0 spiro atoms. The van der Waals surface area contributed by atoms with Crippen LogP contribution in [-0.4, -0.2) is 25.5 Å². The van der Waals surface area contributed by atoms with E-state index < -0.39 is 0 Å². The molecule has 142 valence electrons. The average Bonchev–Trinajstić information content (AvgIpc) is 2.50. The standard InChI is InChI=1S/C21H36N2O2/c1-13(18(24)11-15(23)12-22)16-9-14(20(2,3)4)10-17(19(16)25-8)21(5,6)7/h9-10,13,15H,11-12,22-23H2,1-8H3. The van der Waals surface area contributed by atoms with E-state index in [-0.39, 0.29) is 35.0 Å². The van der Waals surface area contributed by atoms with Gasteiger partial charge in [0.25, 0.3) is 0 Å². The maximum atomic E-state index is 12.7. The lowest BCUT2D eigenvalue weighted by molar-refractivity contribution is -0.120. The lowest BCUT2D eigenvalue weighted by Gasteiger charge is -2.30. The molecule has 0 aliphatic heterocycles. The van der Waals surface area contributed by atoms with Crippen molar-refractivity contribution in [1.82, 2.24) is 0 Å². The monoisotopic (exact) mass is 348 g/mol. The van der Waals surface area contributed by atoms with E-state index in [4.69, 9.17) is 16.2 Å². The number of carbonyl (C=O) groups is 1. The Kier molecular flexibility index (Phi) is 6.82. The normalized spacial score (nSPS) is 15.0. The fourth-order valence-electron chi connectivity index (χ4n) is 2.88. The van der Waals surface area contributed by atoms with Crippen LogP contribution in [0, 0.1) is 0 Å². The lowest BCUT2D eigenvalue weighted by atomic mass is 9.76. The van der Waals surface area contributed by atoms with Gasteiger partial charge >= 0.3 is 0 Å². The molecule has 4 nitrogen and oxygen atoms in total. The van der Waals surface area contributed by atoms with Crippen LogP contribution in [0.1, 0.15) is 77.5 Å². The molecular weight excluding hydrogens is 312 g/mol. The van der Waals surface area contributed by atoms with Gasteiger partial charge in [-0.05, 0) is 16.4 Å². The average molecular weight is 349 g/mol. The van der Waals surface area contributed by atoms with Gasteiger partial charge in [0.15, 0.2) is 0 Å². The van der Waals surface area contributed by atoms with Gasteiger partial charge in [0.05, 0.1) is 7.11 Å². The molecule has 2 unspecified atom stereocenters. The SMILES string of the molecule is COc1c(C(C)C(=O)CC(N)CN)cc(C(C)(C)C)cc1C(C)(C)C. The third-order valence-electron chi connectivity index (χ3n) is 4.71. The topological polar surface area (TPSA) is 78.3 Å². The van der Waals surface area contributed by atoms with E-state index >= 15 is 0 Å². The minimum Gasteiger partial charge on any atom is -0.496 e. The fraction of sp³-hybridized carbons (Fsp3) is 0.667. The Morgan fingerprint density at radius 1 is 1.12 bits per heavy atom. The molecular formula is C21H36N2O2. The number of carbonyl (C=O) groups excluding carboxylic acids is 1. The highest BCUT2D eigenvalue weighted by Gasteiger charge is 2.29. The number of Topliss-reactive ketones (excluding diaryl/α,β-unsaturated/α-hetero) is 1. The minimum absolute atomic E-state index is 0.0164. The Morgan fingerprint density at radius 2 is 1.68 bits per heavy atom. The molecule has 25 heavy (non-hydrogen) atoms. The van der Waals surface area contributed by atoms with Crippen LogP contribution in [-0.2, 0) is 15.6 Å². The number of rotatable bonds is 6. The van der Waals surface area contributed by atoms with Gasteiger partial charge in [-0.25, -0.2) is 0 Å². The summed E-state index contributed by atoms with van der Waals surface area (Å²) in [5.41, 5.74) is 14.6. The van der Waals surface area contributed by atoms with Crippen LogP contribution in [0.4, 0.5) is 0 Å². The molecule has 1 aromatic carbocycles. The summed E-state index contributed by atoms with van der Waals surface area (Å²) in [6.45, 7) is 15.3. The maximum absolute atomic E-state index is 12.7. The Balaban J connectivity index is 3.53. The molecule has 0 aliphatic rings. The second kappa shape index (κ2) is 7.88. The van der Waals surface area contributed by atoms with Gasteiger partial charge in [-0.15, -0.1) is 0 Å². The van der Waals surface area contributed by atoms with E-state index in [1.807, 2.05) is 6.92 Å². The summed E-state index contributed by atoms with van der Waals surface area (Å²) < 4.78 is 5.77.